The molecule has 0 bridgehead atoms. The fourth-order valence-electron chi connectivity index (χ4n) is 2.38. The van der Waals surface area contributed by atoms with E-state index in [1.807, 2.05) is 24.4 Å². The summed E-state index contributed by atoms with van der Waals surface area (Å²) in [5, 5.41) is 3.14. The van der Waals surface area contributed by atoms with Crippen molar-refractivity contribution in [3.05, 3.63) is 30.1 Å². The van der Waals surface area contributed by atoms with Crippen molar-refractivity contribution in [2.45, 2.75) is 39.5 Å². The Morgan fingerprint density at radius 1 is 1.23 bits per heavy atom. The summed E-state index contributed by atoms with van der Waals surface area (Å²) in [6.45, 7) is 9.46. The standard InChI is InChI=1S/C17H31N5/c1-3-13-22(14-4-2)15-7-11-20-17(18)21-12-9-16-8-5-6-10-19-16/h5-6,8,10H,3-4,7,9,11-15H2,1-2H3,(H3,18,20,21). The Bertz CT molecular complexity index is 399. The molecule has 0 unspecified atom stereocenters. The maximum Gasteiger partial charge on any atom is 0.188 e. The van der Waals surface area contributed by atoms with Crippen LogP contribution in [0.25, 0.3) is 0 Å². The van der Waals surface area contributed by atoms with Gasteiger partial charge in [-0.1, -0.05) is 19.9 Å². The lowest BCUT2D eigenvalue weighted by Gasteiger charge is -2.20. The smallest absolute Gasteiger partial charge is 0.188 e. The van der Waals surface area contributed by atoms with Crippen LogP contribution in [0.3, 0.4) is 0 Å². The van der Waals surface area contributed by atoms with Gasteiger partial charge in [0.1, 0.15) is 0 Å². The van der Waals surface area contributed by atoms with E-state index in [2.05, 4.69) is 34.0 Å². The van der Waals surface area contributed by atoms with E-state index < -0.39 is 0 Å². The Hall–Kier alpha value is -1.62. The zero-order valence-electron chi connectivity index (χ0n) is 14.1. The zero-order valence-corrected chi connectivity index (χ0v) is 14.1. The van der Waals surface area contributed by atoms with Gasteiger partial charge in [-0.25, -0.2) is 0 Å². The first-order valence-corrected chi connectivity index (χ1v) is 8.42. The molecule has 0 atom stereocenters. The summed E-state index contributed by atoms with van der Waals surface area (Å²) < 4.78 is 0. The Morgan fingerprint density at radius 3 is 2.64 bits per heavy atom. The molecule has 0 aliphatic heterocycles. The molecule has 1 aromatic rings. The molecule has 124 valence electrons. The van der Waals surface area contributed by atoms with Gasteiger partial charge in [0, 0.05) is 31.4 Å². The maximum absolute atomic E-state index is 5.88. The summed E-state index contributed by atoms with van der Waals surface area (Å²) in [5.74, 6) is 0.536. The van der Waals surface area contributed by atoms with Crippen LogP contribution in [0.2, 0.25) is 0 Å². The van der Waals surface area contributed by atoms with Crippen molar-refractivity contribution in [3.63, 3.8) is 0 Å². The summed E-state index contributed by atoms with van der Waals surface area (Å²) in [6.07, 6.45) is 6.15. The van der Waals surface area contributed by atoms with Gasteiger partial charge in [0.25, 0.3) is 0 Å². The SMILES string of the molecule is CCCN(CCC)CCCN=C(N)NCCc1ccccn1. The Labute approximate surface area is 135 Å². The molecule has 22 heavy (non-hydrogen) atoms. The number of hydrogen-bond acceptors (Lipinski definition) is 3. The van der Waals surface area contributed by atoms with Crippen molar-refractivity contribution < 1.29 is 0 Å². The Morgan fingerprint density at radius 2 is 2.00 bits per heavy atom. The lowest BCUT2D eigenvalue weighted by atomic mass is 10.3. The molecular formula is C17H31N5. The average Bonchev–Trinajstić information content (AvgIpc) is 2.53. The molecule has 5 heteroatoms. The highest BCUT2D eigenvalue weighted by molar-refractivity contribution is 5.77. The van der Waals surface area contributed by atoms with E-state index in [0.717, 1.165) is 38.2 Å². The second-order valence-corrected chi connectivity index (χ2v) is 5.46. The van der Waals surface area contributed by atoms with E-state index in [0.29, 0.717) is 5.96 Å². The zero-order chi connectivity index (χ0) is 16.0. The van der Waals surface area contributed by atoms with Crippen molar-refractivity contribution in [1.82, 2.24) is 15.2 Å². The van der Waals surface area contributed by atoms with E-state index in [9.17, 15) is 0 Å². The quantitative estimate of drug-likeness (QED) is 0.373. The number of nitrogens with one attached hydrogen (secondary N) is 1. The molecule has 5 nitrogen and oxygen atoms in total. The van der Waals surface area contributed by atoms with Crippen LogP contribution in [-0.2, 0) is 6.42 Å². The van der Waals surface area contributed by atoms with E-state index in [1.165, 1.54) is 25.9 Å². The third-order valence-electron chi connectivity index (χ3n) is 3.41. The van der Waals surface area contributed by atoms with Crippen LogP contribution in [0.15, 0.2) is 29.4 Å². The summed E-state index contributed by atoms with van der Waals surface area (Å²) in [7, 11) is 0. The molecule has 0 fully saturated rings. The number of guanidine groups is 1. The van der Waals surface area contributed by atoms with Crippen molar-refractivity contribution in [3.8, 4) is 0 Å². The number of aromatic nitrogens is 1. The van der Waals surface area contributed by atoms with Gasteiger partial charge >= 0.3 is 0 Å². The number of nitrogens with zero attached hydrogens (tertiary/aromatic N) is 3. The summed E-state index contributed by atoms with van der Waals surface area (Å²) in [5.41, 5.74) is 6.94. The van der Waals surface area contributed by atoms with E-state index >= 15 is 0 Å². The van der Waals surface area contributed by atoms with Crippen LogP contribution in [0.5, 0.6) is 0 Å². The summed E-state index contributed by atoms with van der Waals surface area (Å²) in [6, 6.07) is 5.94. The minimum atomic E-state index is 0.536. The molecule has 1 rings (SSSR count). The Balaban J connectivity index is 2.14. The van der Waals surface area contributed by atoms with Crippen molar-refractivity contribution in [2.75, 3.05) is 32.7 Å². The largest absolute Gasteiger partial charge is 0.370 e. The monoisotopic (exact) mass is 305 g/mol. The first-order chi connectivity index (χ1) is 10.8. The van der Waals surface area contributed by atoms with Gasteiger partial charge in [-0.2, -0.15) is 0 Å². The highest BCUT2D eigenvalue weighted by Crippen LogP contribution is 1.96. The van der Waals surface area contributed by atoms with Crippen LogP contribution < -0.4 is 11.1 Å². The Kier molecular flexibility index (Phi) is 10.0. The normalized spacial score (nSPS) is 11.9. The fourth-order valence-corrected chi connectivity index (χ4v) is 2.38. The predicted molar refractivity (Wildman–Crippen MR) is 94.1 cm³/mol. The molecule has 0 aromatic carbocycles. The van der Waals surface area contributed by atoms with Crippen molar-refractivity contribution >= 4 is 5.96 Å². The number of pyridine rings is 1. The highest BCUT2D eigenvalue weighted by atomic mass is 15.1. The average molecular weight is 305 g/mol. The van der Waals surface area contributed by atoms with Crippen LogP contribution in [0.1, 0.15) is 38.8 Å². The molecule has 3 N–H and O–H groups in total. The number of rotatable bonds is 11. The second-order valence-electron chi connectivity index (χ2n) is 5.46. The van der Waals surface area contributed by atoms with Crippen LogP contribution in [-0.4, -0.2) is 48.6 Å². The van der Waals surface area contributed by atoms with E-state index in [4.69, 9.17) is 5.73 Å². The topological polar surface area (TPSA) is 66.5 Å². The van der Waals surface area contributed by atoms with Crippen molar-refractivity contribution in [1.29, 1.82) is 0 Å². The second kappa shape index (κ2) is 12.0. The van der Waals surface area contributed by atoms with Gasteiger partial charge < -0.3 is 16.0 Å². The van der Waals surface area contributed by atoms with Crippen LogP contribution in [0, 0.1) is 0 Å². The van der Waals surface area contributed by atoms with Crippen molar-refractivity contribution in [2.24, 2.45) is 10.7 Å². The minimum absolute atomic E-state index is 0.536. The molecule has 0 saturated heterocycles. The molecule has 0 spiro atoms. The minimum Gasteiger partial charge on any atom is -0.370 e. The third-order valence-corrected chi connectivity index (χ3v) is 3.41. The van der Waals surface area contributed by atoms with Gasteiger partial charge in [0.05, 0.1) is 0 Å². The summed E-state index contributed by atoms with van der Waals surface area (Å²) >= 11 is 0. The first-order valence-electron chi connectivity index (χ1n) is 8.42. The molecular weight excluding hydrogens is 274 g/mol. The van der Waals surface area contributed by atoms with Gasteiger partial charge in [-0.3, -0.25) is 9.98 Å². The molecule has 0 radical (unpaired) electrons. The molecule has 0 saturated carbocycles. The van der Waals surface area contributed by atoms with Gasteiger partial charge in [0.15, 0.2) is 5.96 Å². The number of nitrogens with two attached hydrogens (primary N) is 1. The lowest BCUT2D eigenvalue weighted by Crippen LogP contribution is -2.33. The van der Waals surface area contributed by atoms with E-state index in [-0.39, 0.29) is 0 Å². The lowest BCUT2D eigenvalue weighted by molar-refractivity contribution is 0.273. The number of aliphatic imine (C=N–C) groups is 1. The molecule has 0 aliphatic carbocycles. The van der Waals surface area contributed by atoms with Gasteiger partial charge in [-0.15, -0.1) is 0 Å². The predicted octanol–water partition coefficient (Wildman–Crippen LogP) is 2.04. The molecule has 1 heterocycles. The highest BCUT2D eigenvalue weighted by Gasteiger charge is 2.01. The summed E-state index contributed by atoms with van der Waals surface area (Å²) in [4.78, 5) is 11.2. The van der Waals surface area contributed by atoms with Crippen LogP contribution in [0.4, 0.5) is 0 Å². The third kappa shape index (κ3) is 8.62. The molecule has 0 amide bonds. The molecule has 0 aliphatic rings. The van der Waals surface area contributed by atoms with Gasteiger partial charge in [0.2, 0.25) is 0 Å². The molecule has 1 aromatic heterocycles. The van der Waals surface area contributed by atoms with Crippen LogP contribution >= 0.6 is 0 Å². The van der Waals surface area contributed by atoms with Gasteiger partial charge in [-0.05, 0) is 51.0 Å². The van der Waals surface area contributed by atoms with E-state index in [1.54, 1.807) is 0 Å². The first kappa shape index (κ1) is 18.4. The fraction of sp³-hybridized carbons (Fsp3) is 0.647. The number of hydrogen-bond donors (Lipinski definition) is 2. The maximum atomic E-state index is 5.88.